The molecule has 2 heterocycles. The molecule has 1 aromatic heterocycles. The van der Waals surface area contributed by atoms with Crippen LogP contribution in [0.3, 0.4) is 0 Å². The summed E-state index contributed by atoms with van der Waals surface area (Å²) in [6, 6.07) is 17.4. The van der Waals surface area contributed by atoms with Crippen LogP contribution in [-0.4, -0.2) is 22.6 Å². The quantitative estimate of drug-likeness (QED) is 0.744. The van der Waals surface area contributed by atoms with Crippen molar-refractivity contribution in [1.29, 1.82) is 0 Å². The molecule has 1 atom stereocenters. The monoisotopic (exact) mass is 348 g/mol. The van der Waals surface area contributed by atoms with E-state index in [0.29, 0.717) is 6.04 Å². The minimum absolute atomic E-state index is 0.206. The first kappa shape index (κ1) is 16.5. The van der Waals surface area contributed by atoms with Crippen molar-refractivity contribution in [2.45, 2.75) is 25.8 Å². The van der Waals surface area contributed by atoms with E-state index in [2.05, 4.69) is 51.4 Å². The Kier molecular flexibility index (Phi) is 4.52. The molecule has 0 bridgehead atoms. The molecule has 0 saturated heterocycles. The number of hydrogen-bond donors (Lipinski definition) is 1. The number of anilines is 3. The minimum atomic E-state index is -0.206. The maximum absolute atomic E-state index is 13.0. The maximum atomic E-state index is 13.0. The first-order chi connectivity index (χ1) is 12.7. The van der Waals surface area contributed by atoms with E-state index in [-0.39, 0.29) is 5.82 Å². The molecule has 1 unspecified atom stereocenters. The lowest BCUT2D eigenvalue weighted by Gasteiger charge is -2.24. The summed E-state index contributed by atoms with van der Waals surface area (Å²) in [6.07, 6.45) is 3.43. The molecule has 1 aliphatic rings. The van der Waals surface area contributed by atoms with Crippen LogP contribution in [-0.2, 0) is 12.8 Å². The Bertz CT molecular complexity index is 895. The van der Waals surface area contributed by atoms with Crippen molar-refractivity contribution in [2.75, 3.05) is 16.8 Å². The Morgan fingerprint density at radius 1 is 1.12 bits per heavy atom. The summed E-state index contributed by atoms with van der Waals surface area (Å²) in [4.78, 5) is 11.1. The van der Waals surface area contributed by atoms with Crippen LogP contribution in [0.5, 0.6) is 0 Å². The van der Waals surface area contributed by atoms with E-state index < -0.39 is 0 Å². The lowest BCUT2D eigenvalue weighted by molar-refractivity contribution is 0.627. The van der Waals surface area contributed by atoms with Crippen molar-refractivity contribution in [1.82, 2.24) is 9.97 Å². The molecule has 1 aliphatic heterocycles. The smallest absolute Gasteiger partial charge is 0.138 e. The molecular formula is C21H21FN4. The Morgan fingerprint density at radius 3 is 2.77 bits per heavy atom. The summed E-state index contributed by atoms with van der Waals surface area (Å²) in [5, 5.41) is 3.34. The van der Waals surface area contributed by atoms with Gasteiger partial charge in [-0.1, -0.05) is 30.3 Å². The van der Waals surface area contributed by atoms with Gasteiger partial charge < -0.3 is 10.2 Å². The van der Waals surface area contributed by atoms with Gasteiger partial charge in [0.15, 0.2) is 0 Å². The van der Waals surface area contributed by atoms with Crippen LogP contribution in [0.2, 0.25) is 0 Å². The van der Waals surface area contributed by atoms with Gasteiger partial charge in [-0.2, -0.15) is 0 Å². The van der Waals surface area contributed by atoms with Gasteiger partial charge >= 0.3 is 0 Å². The lowest BCUT2D eigenvalue weighted by atomic mass is 10.1. The SMILES string of the molecule is CC1Cc2ccccc2N1c1cc(NCCc2ccc(F)cc2)ncn1. The topological polar surface area (TPSA) is 41.0 Å². The number of aromatic nitrogens is 2. The summed E-state index contributed by atoms with van der Waals surface area (Å²) in [7, 11) is 0. The summed E-state index contributed by atoms with van der Waals surface area (Å²) in [5.41, 5.74) is 3.66. The normalized spacial score (nSPS) is 15.8. The summed E-state index contributed by atoms with van der Waals surface area (Å²) >= 11 is 0. The highest BCUT2D eigenvalue weighted by Gasteiger charge is 2.27. The van der Waals surface area contributed by atoms with Crippen LogP contribution in [0, 0.1) is 5.82 Å². The van der Waals surface area contributed by atoms with Crippen molar-refractivity contribution in [3.63, 3.8) is 0 Å². The fraction of sp³-hybridized carbons (Fsp3) is 0.238. The highest BCUT2D eigenvalue weighted by molar-refractivity contribution is 5.69. The standard InChI is InChI=1S/C21H21FN4/c1-15-12-17-4-2-3-5-19(17)26(15)21-13-20(24-14-25-21)23-11-10-16-6-8-18(22)9-7-16/h2-9,13-15H,10-12H2,1H3,(H,23,24,25). The van der Waals surface area contributed by atoms with Gasteiger partial charge in [0.05, 0.1) is 0 Å². The Hall–Kier alpha value is -2.95. The number of nitrogens with zero attached hydrogens (tertiary/aromatic N) is 3. The molecule has 5 heteroatoms. The van der Waals surface area contributed by atoms with Gasteiger partial charge in [0, 0.05) is 24.3 Å². The number of para-hydroxylation sites is 1. The van der Waals surface area contributed by atoms with Crippen LogP contribution >= 0.6 is 0 Å². The van der Waals surface area contributed by atoms with E-state index in [1.807, 2.05) is 18.2 Å². The zero-order valence-corrected chi connectivity index (χ0v) is 14.7. The van der Waals surface area contributed by atoms with E-state index in [1.54, 1.807) is 6.33 Å². The number of rotatable bonds is 5. The highest BCUT2D eigenvalue weighted by atomic mass is 19.1. The maximum Gasteiger partial charge on any atom is 0.138 e. The lowest BCUT2D eigenvalue weighted by Crippen LogP contribution is -2.25. The number of hydrogen-bond acceptors (Lipinski definition) is 4. The number of fused-ring (bicyclic) bond motifs is 1. The van der Waals surface area contributed by atoms with E-state index in [0.717, 1.165) is 36.6 Å². The van der Waals surface area contributed by atoms with Crippen molar-refractivity contribution in [3.05, 3.63) is 77.9 Å². The molecule has 4 nitrogen and oxygen atoms in total. The van der Waals surface area contributed by atoms with Gasteiger partial charge in [0.25, 0.3) is 0 Å². The molecule has 0 aliphatic carbocycles. The van der Waals surface area contributed by atoms with Gasteiger partial charge in [-0.15, -0.1) is 0 Å². The van der Waals surface area contributed by atoms with Crippen LogP contribution in [0.25, 0.3) is 0 Å². The third-order valence-electron chi connectivity index (χ3n) is 4.74. The Morgan fingerprint density at radius 2 is 1.92 bits per heavy atom. The van der Waals surface area contributed by atoms with E-state index >= 15 is 0 Å². The van der Waals surface area contributed by atoms with Crippen LogP contribution in [0.4, 0.5) is 21.7 Å². The largest absolute Gasteiger partial charge is 0.370 e. The molecule has 0 spiro atoms. The number of nitrogens with one attached hydrogen (secondary N) is 1. The zero-order chi connectivity index (χ0) is 17.9. The molecule has 4 rings (SSSR count). The second kappa shape index (κ2) is 7.12. The highest BCUT2D eigenvalue weighted by Crippen LogP contribution is 2.37. The molecule has 0 amide bonds. The number of benzene rings is 2. The van der Waals surface area contributed by atoms with E-state index in [4.69, 9.17) is 0 Å². The van der Waals surface area contributed by atoms with E-state index in [9.17, 15) is 4.39 Å². The Labute approximate surface area is 152 Å². The molecule has 1 N–H and O–H groups in total. The average molecular weight is 348 g/mol. The third-order valence-corrected chi connectivity index (χ3v) is 4.74. The Balaban J connectivity index is 1.46. The molecule has 0 fully saturated rings. The molecule has 0 radical (unpaired) electrons. The zero-order valence-electron chi connectivity index (χ0n) is 14.7. The minimum Gasteiger partial charge on any atom is -0.370 e. The molecule has 0 saturated carbocycles. The fourth-order valence-corrected chi connectivity index (χ4v) is 3.48. The van der Waals surface area contributed by atoms with Crippen molar-refractivity contribution in [3.8, 4) is 0 Å². The molecular weight excluding hydrogens is 327 g/mol. The first-order valence-corrected chi connectivity index (χ1v) is 8.88. The molecule has 26 heavy (non-hydrogen) atoms. The summed E-state index contributed by atoms with van der Waals surface area (Å²) in [5.74, 6) is 1.50. The second-order valence-electron chi connectivity index (χ2n) is 6.62. The van der Waals surface area contributed by atoms with Crippen molar-refractivity contribution in [2.24, 2.45) is 0 Å². The first-order valence-electron chi connectivity index (χ1n) is 8.88. The van der Waals surface area contributed by atoms with Crippen LogP contribution in [0.1, 0.15) is 18.1 Å². The molecule has 132 valence electrons. The molecule has 3 aromatic rings. The predicted molar refractivity (Wildman–Crippen MR) is 102 cm³/mol. The summed E-state index contributed by atoms with van der Waals surface area (Å²) in [6.45, 7) is 2.94. The van der Waals surface area contributed by atoms with Gasteiger partial charge in [-0.3, -0.25) is 0 Å². The van der Waals surface area contributed by atoms with Gasteiger partial charge in [-0.05, 0) is 49.1 Å². The van der Waals surface area contributed by atoms with E-state index in [1.165, 1.54) is 23.4 Å². The van der Waals surface area contributed by atoms with Crippen molar-refractivity contribution < 1.29 is 4.39 Å². The summed E-state index contributed by atoms with van der Waals surface area (Å²) < 4.78 is 13.0. The molecule has 2 aromatic carbocycles. The third kappa shape index (κ3) is 3.38. The fourth-order valence-electron chi connectivity index (χ4n) is 3.48. The van der Waals surface area contributed by atoms with Gasteiger partial charge in [0.1, 0.15) is 23.8 Å². The number of halogens is 1. The predicted octanol–water partition coefficient (Wildman–Crippen LogP) is 4.35. The van der Waals surface area contributed by atoms with Gasteiger partial charge in [-0.25, -0.2) is 14.4 Å². The average Bonchev–Trinajstić information content (AvgIpc) is 2.99. The van der Waals surface area contributed by atoms with Crippen LogP contribution < -0.4 is 10.2 Å². The van der Waals surface area contributed by atoms with Gasteiger partial charge in [0.2, 0.25) is 0 Å². The van der Waals surface area contributed by atoms with Crippen molar-refractivity contribution >= 4 is 17.3 Å². The second-order valence-corrected chi connectivity index (χ2v) is 6.62. The van der Waals surface area contributed by atoms with Crippen LogP contribution in [0.15, 0.2) is 60.9 Å².